The predicted molar refractivity (Wildman–Crippen MR) is 120 cm³/mol. The molecular formula is C22H18F3N5O4S. The third-order valence-electron chi connectivity index (χ3n) is 4.87. The van der Waals surface area contributed by atoms with Crippen molar-refractivity contribution in [3.8, 4) is 28.5 Å². The highest BCUT2D eigenvalue weighted by atomic mass is 32.2. The Kier molecular flexibility index (Phi) is 6.21. The molecule has 4 rings (SSSR count). The van der Waals surface area contributed by atoms with Gasteiger partial charge in [0.2, 0.25) is 15.5 Å². The molecule has 0 amide bonds. The average Bonchev–Trinajstić information content (AvgIpc) is 3.29. The van der Waals surface area contributed by atoms with E-state index in [1.165, 1.54) is 66.2 Å². The topological polar surface area (TPSA) is 99.3 Å². The maximum atomic E-state index is 12.6. The zero-order valence-corrected chi connectivity index (χ0v) is 19.2. The molecule has 0 fully saturated rings. The highest BCUT2D eigenvalue weighted by Crippen LogP contribution is 2.25. The maximum absolute atomic E-state index is 12.6. The zero-order valence-electron chi connectivity index (χ0n) is 18.3. The third kappa shape index (κ3) is 5.10. The van der Waals surface area contributed by atoms with Gasteiger partial charge in [0.15, 0.2) is 5.69 Å². The standard InChI is InChI=1S/C22H18F3N5O4S/c1-28(2)35(32,33)18-5-3-4-16(14-18)30-19(10-12-26-30)21-20(31)11-13-29(27-21)15-6-8-17(9-7-15)34-22(23,24)25/h3-14H,1-2H3. The van der Waals surface area contributed by atoms with Gasteiger partial charge in [0.1, 0.15) is 5.75 Å². The molecule has 4 aromatic rings. The van der Waals surface area contributed by atoms with Crippen molar-refractivity contribution in [3.63, 3.8) is 0 Å². The van der Waals surface area contributed by atoms with Gasteiger partial charge in [0.05, 0.1) is 28.2 Å². The first-order valence-corrected chi connectivity index (χ1v) is 11.4. The molecular weight excluding hydrogens is 487 g/mol. The quantitative estimate of drug-likeness (QED) is 0.399. The molecule has 2 aromatic heterocycles. The van der Waals surface area contributed by atoms with E-state index >= 15 is 0 Å². The number of ether oxygens (including phenoxy) is 1. The molecule has 0 bridgehead atoms. The number of halogens is 3. The Bertz CT molecular complexity index is 1530. The number of rotatable bonds is 6. The molecule has 0 N–H and O–H groups in total. The van der Waals surface area contributed by atoms with Crippen LogP contribution >= 0.6 is 0 Å². The lowest BCUT2D eigenvalue weighted by atomic mass is 10.2. The fourth-order valence-corrected chi connectivity index (χ4v) is 4.15. The SMILES string of the molecule is CN(C)S(=O)(=O)c1cccc(-n2nccc2-c2nn(-c3ccc(OC(F)(F)F)cc3)ccc2=O)c1. The van der Waals surface area contributed by atoms with Crippen LogP contribution in [0, 0.1) is 0 Å². The fourth-order valence-electron chi connectivity index (χ4n) is 3.20. The Hall–Kier alpha value is -3.97. The molecule has 0 atom stereocenters. The van der Waals surface area contributed by atoms with Gasteiger partial charge in [-0.05, 0) is 48.5 Å². The number of benzene rings is 2. The molecule has 0 aliphatic carbocycles. The van der Waals surface area contributed by atoms with E-state index in [0.29, 0.717) is 17.1 Å². The van der Waals surface area contributed by atoms with Crippen molar-refractivity contribution in [1.29, 1.82) is 0 Å². The van der Waals surface area contributed by atoms with Gasteiger partial charge in [-0.1, -0.05) is 6.07 Å². The summed E-state index contributed by atoms with van der Waals surface area (Å²) in [6.45, 7) is 0. The van der Waals surface area contributed by atoms with Gasteiger partial charge < -0.3 is 4.74 Å². The molecule has 182 valence electrons. The van der Waals surface area contributed by atoms with E-state index in [-0.39, 0.29) is 10.6 Å². The second-order valence-electron chi connectivity index (χ2n) is 7.43. The summed E-state index contributed by atoms with van der Waals surface area (Å²) in [6, 6.07) is 13.8. The van der Waals surface area contributed by atoms with Gasteiger partial charge in [-0.25, -0.2) is 22.1 Å². The molecule has 0 spiro atoms. The molecule has 2 heterocycles. The Labute approximate surface area is 197 Å². The van der Waals surface area contributed by atoms with Crippen molar-refractivity contribution in [2.24, 2.45) is 0 Å². The average molecular weight is 505 g/mol. The lowest BCUT2D eigenvalue weighted by Crippen LogP contribution is -2.22. The number of hydrogen-bond acceptors (Lipinski definition) is 6. The normalized spacial score (nSPS) is 12.2. The number of sulfonamides is 1. The summed E-state index contributed by atoms with van der Waals surface area (Å²) < 4.78 is 69.9. The molecule has 0 saturated heterocycles. The zero-order chi connectivity index (χ0) is 25.4. The molecule has 0 aliphatic heterocycles. The second kappa shape index (κ2) is 9.00. The third-order valence-corrected chi connectivity index (χ3v) is 6.68. The summed E-state index contributed by atoms with van der Waals surface area (Å²) in [6.07, 6.45) is -2.01. The molecule has 0 unspecified atom stereocenters. The van der Waals surface area contributed by atoms with E-state index in [9.17, 15) is 26.4 Å². The van der Waals surface area contributed by atoms with E-state index in [4.69, 9.17) is 0 Å². The Morgan fingerprint density at radius 3 is 2.34 bits per heavy atom. The molecule has 9 nitrogen and oxygen atoms in total. The Balaban J connectivity index is 1.74. The van der Waals surface area contributed by atoms with E-state index in [0.717, 1.165) is 16.4 Å². The summed E-state index contributed by atoms with van der Waals surface area (Å²) in [5.41, 5.74) is 0.628. The minimum absolute atomic E-state index is 0.00138. The Morgan fingerprint density at radius 1 is 0.971 bits per heavy atom. The lowest BCUT2D eigenvalue weighted by molar-refractivity contribution is -0.274. The minimum Gasteiger partial charge on any atom is -0.406 e. The van der Waals surface area contributed by atoms with Crippen molar-refractivity contribution < 1.29 is 26.3 Å². The Morgan fingerprint density at radius 2 is 1.69 bits per heavy atom. The van der Waals surface area contributed by atoms with Crippen LogP contribution in [0.2, 0.25) is 0 Å². The summed E-state index contributed by atoms with van der Waals surface area (Å²) in [5, 5.41) is 8.55. The van der Waals surface area contributed by atoms with Gasteiger partial charge in [0.25, 0.3) is 0 Å². The summed E-state index contributed by atoms with van der Waals surface area (Å²) in [7, 11) is -0.872. The van der Waals surface area contributed by atoms with Gasteiger partial charge in [-0.3, -0.25) is 4.79 Å². The van der Waals surface area contributed by atoms with Crippen LogP contribution in [0.4, 0.5) is 13.2 Å². The molecule has 0 radical (unpaired) electrons. The van der Waals surface area contributed by atoms with E-state index < -0.39 is 27.6 Å². The summed E-state index contributed by atoms with van der Waals surface area (Å²) >= 11 is 0. The van der Waals surface area contributed by atoms with Crippen LogP contribution in [0.3, 0.4) is 0 Å². The number of alkyl halides is 3. The molecule has 0 saturated carbocycles. The predicted octanol–water partition coefficient (Wildman–Crippen LogP) is 3.23. The summed E-state index contributed by atoms with van der Waals surface area (Å²) in [5.74, 6) is -0.395. The highest BCUT2D eigenvalue weighted by molar-refractivity contribution is 7.89. The van der Waals surface area contributed by atoms with Crippen LogP contribution in [0.5, 0.6) is 5.75 Å². The monoisotopic (exact) mass is 505 g/mol. The second-order valence-corrected chi connectivity index (χ2v) is 9.58. The smallest absolute Gasteiger partial charge is 0.406 e. The van der Waals surface area contributed by atoms with E-state index in [1.807, 2.05) is 0 Å². The van der Waals surface area contributed by atoms with Crippen LogP contribution in [-0.2, 0) is 10.0 Å². The van der Waals surface area contributed by atoms with Crippen LogP contribution < -0.4 is 10.2 Å². The lowest BCUT2D eigenvalue weighted by Gasteiger charge is -2.13. The van der Waals surface area contributed by atoms with Crippen molar-refractivity contribution >= 4 is 10.0 Å². The minimum atomic E-state index is -4.81. The highest BCUT2D eigenvalue weighted by Gasteiger charge is 2.31. The first kappa shape index (κ1) is 24.2. The van der Waals surface area contributed by atoms with Gasteiger partial charge >= 0.3 is 6.36 Å². The first-order chi connectivity index (χ1) is 16.5. The molecule has 35 heavy (non-hydrogen) atoms. The van der Waals surface area contributed by atoms with Crippen molar-refractivity contribution in [2.75, 3.05) is 14.1 Å². The van der Waals surface area contributed by atoms with E-state index in [1.54, 1.807) is 18.2 Å². The van der Waals surface area contributed by atoms with Crippen molar-refractivity contribution in [2.45, 2.75) is 11.3 Å². The van der Waals surface area contributed by atoms with Crippen molar-refractivity contribution in [3.05, 3.63) is 83.3 Å². The number of hydrogen-bond donors (Lipinski definition) is 0. The van der Waals surface area contributed by atoms with Crippen molar-refractivity contribution in [1.82, 2.24) is 23.9 Å². The molecule has 13 heteroatoms. The van der Waals surface area contributed by atoms with Gasteiger partial charge in [-0.15, -0.1) is 13.2 Å². The molecule has 2 aromatic carbocycles. The van der Waals surface area contributed by atoms with Crippen LogP contribution in [0.15, 0.2) is 82.7 Å². The molecule has 0 aliphatic rings. The first-order valence-electron chi connectivity index (χ1n) is 9.99. The fraction of sp³-hybridized carbons (Fsp3) is 0.136. The van der Waals surface area contributed by atoms with Crippen LogP contribution in [0.1, 0.15) is 0 Å². The number of aromatic nitrogens is 4. The maximum Gasteiger partial charge on any atom is 0.573 e. The summed E-state index contributed by atoms with van der Waals surface area (Å²) in [4.78, 5) is 12.7. The largest absolute Gasteiger partial charge is 0.573 e. The van der Waals surface area contributed by atoms with E-state index in [2.05, 4.69) is 14.9 Å². The van der Waals surface area contributed by atoms with Crippen LogP contribution in [-0.4, -0.2) is 52.7 Å². The van der Waals surface area contributed by atoms with Crippen LogP contribution in [0.25, 0.3) is 22.8 Å². The van der Waals surface area contributed by atoms with Gasteiger partial charge in [-0.2, -0.15) is 10.2 Å². The van der Waals surface area contributed by atoms with Gasteiger partial charge in [0, 0.05) is 26.4 Å². The number of nitrogens with zero attached hydrogens (tertiary/aromatic N) is 5.